The van der Waals surface area contributed by atoms with Crippen LogP contribution in [0.5, 0.6) is 0 Å². The van der Waals surface area contributed by atoms with E-state index in [0.29, 0.717) is 0 Å². The van der Waals surface area contributed by atoms with Crippen molar-refractivity contribution in [1.29, 1.82) is 0 Å². The van der Waals surface area contributed by atoms with Crippen molar-refractivity contribution in [2.24, 2.45) is 11.3 Å². The van der Waals surface area contributed by atoms with Gasteiger partial charge in [-0.25, -0.2) is 4.79 Å². The lowest BCUT2D eigenvalue weighted by molar-refractivity contribution is -0.150. The number of carboxylic acids is 1. The Balaban J connectivity index is 2.65. The zero-order valence-electron chi connectivity index (χ0n) is 10.8. The van der Waals surface area contributed by atoms with Crippen molar-refractivity contribution in [3.05, 3.63) is 0 Å². The van der Waals surface area contributed by atoms with Crippen molar-refractivity contribution >= 4 is 12.0 Å². The second-order valence-corrected chi connectivity index (χ2v) is 5.06. The number of halogens is 3. The molecule has 1 unspecified atom stereocenters. The number of amides is 2. The van der Waals surface area contributed by atoms with Gasteiger partial charge in [-0.1, -0.05) is 13.8 Å². The van der Waals surface area contributed by atoms with Gasteiger partial charge in [-0.2, -0.15) is 13.2 Å². The van der Waals surface area contributed by atoms with Gasteiger partial charge in [-0.15, -0.1) is 0 Å². The highest BCUT2D eigenvalue weighted by atomic mass is 19.4. The molecular formula is C11H17F3N2O3. The first-order valence-electron chi connectivity index (χ1n) is 5.91. The van der Waals surface area contributed by atoms with Gasteiger partial charge < -0.3 is 15.3 Å². The summed E-state index contributed by atoms with van der Waals surface area (Å²) in [6.07, 6.45) is -4.23. The van der Waals surface area contributed by atoms with E-state index >= 15 is 0 Å². The van der Waals surface area contributed by atoms with E-state index in [-0.39, 0.29) is 25.4 Å². The van der Waals surface area contributed by atoms with E-state index in [4.69, 9.17) is 0 Å². The molecule has 1 atom stereocenters. The van der Waals surface area contributed by atoms with E-state index < -0.39 is 30.1 Å². The van der Waals surface area contributed by atoms with Crippen LogP contribution in [-0.4, -0.2) is 47.8 Å². The van der Waals surface area contributed by atoms with E-state index in [1.54, 1.807) is 19.2 Å². The third kappa shape index (κ3) is 3.51. The molecule has 1 rings (SSSR count). The van der Waals surface area contributed by atoms with Crippen LogP contribution < -0.4 is 5.32 Å². The molecule has 5 nitrogen and oxygen atoms in total. The maximum atomic E-state index is 12.0. The summed E-state index contributed by atoms with van der Waals surface area (Å²) in [6.45, 7) is 2.12. The molecule has 0 bridgehead atoms. The Labute approximate surface area is 108 Å². The van der Waals surface area contributed by atoms with Crippen LogP contribution in [0.4, 0.5) is 18.0 Å². The molecule has 0 spiro atoms. The summed E-state index contributed by atoms with van der Waals surface area (Å²) in [5, 5.41) is 11.0. The number of carbonyl (C=O) groups excluding carboxylic acids is 1. The van der Waals surface area contributed by atoms with Crippen molar-refractivity contribution in [1.82, 2.24) is 10.2 Å². The highest BCUT2D eigenvalue weighted by Crippen LogP contribution is 2.38. The average Bonchev–Trinajstić information content (AvgIpc) is 2.70. The topological polar surface area (TPSA) is 69.6 Å². The van der Waals surface area contributed by atoms with Gasteiger partial charge >= 0.3 is 18.2 Å². The second kappa shape index (κ2) is 5.26. The molecule has 0 aromatic heterocycles. The van der Waals surface area contributed by atoms with E-state index in [9.17, 15) is 27.9 Å². The maximum Gasteiger partial charge on any atom is 0.405 e. The van der Waals surface area contributed by atoms with Crippen molar-refractivity contribution < 1.29 is 27.9 Å². The van der Waals surface area contributed by atoms with E-state index in [2.05, 4.69) is 0 Å². The first kappa shape index (κ1) is 15.6. The number of aliphatic carboxylic acids is 1. The zero-order valence-corrected chi connectivity index (χ0v) is 10.8. The molecule has 1 aliphatic heterocycles. The standard InChI is InChI=1S/C11H17F3N2O3/c1-7(2)10(8(17)18)3-4-16(6-10)9(19)15-5-11(12,13)14/h7H,3-6H2,1-2H3,(H,15,19)(H,17,18). The van der Waals surface area contributed by atoms with Crippen molar-refractivity contribution in [2.75, 3.05) is 19.6 Å². The highest BCUT2D eigenvalue weighted by molar-refractivity contribution is 5.80. The Kier molecular flexibility index (Phi) is 4.32. The summed E-state index contributed by atoms with van der Waals surface area (Å²) in [6, 6.07) is -0.874. The highest BCUT2D eigenvalue weighted by Gasteiger charge is 2.48. The third-order valence-electron chi connectivity index (χ3n) is 3.56. The van der Waals surface area contributed by atoms with E-state index in [0.717, 1.165) is 4.90 Å². The normalized spacial score (nSPS) is 23.8. The van der Waals surface area contributed by atoms with E-state index in [1.807, 2.05) is 0 Å². The first-order chi connectivity index (χ1) is 8.58. The molecule has 0 aromatic carbocycles. The fourth-order valence-electron chi connectivity index (χ4n) is 2.19. The van der Waals surface area contributed by atoms with Crippen LogP contribution in [0.15, 0.2) is 0 Å². The van der Waals surface area contributed by atoms with Crippen LogP contribution in [0.3, 0.4) is 0 Å². The van der Waals surface area contributed by atoms with Gasteiger partial charge in [0, 0.05) is 13.1 Å². The molecule has 8 heteroatoms. The largest absolute Gasteiger partial charge is 0.481 e. The molecule has 2 N–H and O–H groups in total. The van der Waals surface area contributed by atoms with Gasteiger partial charge in [0.15, 0.2) is 0 Å². The van der Waals surface area contributed by atoms with Crippen LogP contribution in [-0.2, 0) is 4.79 Å². The lowest BCUT2D eigenvalue weighted by Crippen LogP contribution is -2.45. The van der Waals surface area contributed by atoms with Gasteiger partial charge in [-0.05, 0) is 12.3 Å². The van der Waals surface area contributed by atoms with Crippen molar-refractivity contribution in [3.63, 3.8) is 0 Å². The number of urea groups is 1. The molecule has 0 aromatic rings. The number of nitrogens with zero attached hydrogens (tertiary/aromatic N) is 1. The SMILES string of the molecule is CC(C)C1(C(=O)O)CCN(C(=O)NCC(F)(F)F)C1. The van der Waals surface area contributed by atoms with Crippen LogP contribution >= 0.6 is 0 Å². The predicted molar refractivity (Wildman–Crippen MR) is 60.6 cm³/mol. The smallest absolute Gasteiger partial charge is 0.405 e. The molecule has 0 saturated carbocycles. The molecule has 0 aliphatic carbocycles. The molecule has 0 radical (unpaired) electrons. The van der Waals surface area contributed by atoms with E-state index in [1.165, 1.54) is 0 Å². The maximum absolute atomic E-state index is 12.0. The summed E-state index contributed by atoms with van der Waals surface area (Å²) in [5.41, 5.74) is -1.07. The van der Waals surface area contributed by atoms with Gasteiger partial charge in [0.05, 0.1) is 5.41 Å². The quantitative estimate of drug-likeness (QED) is 0.827. The Bertz CT molecular complexity index is 371. The molecule has 110 valence electrons. The minimum atomic E-state index is -4.47. The van der Waals surface area contributed by atoms with Crippen LogP contribution in [0.25, 0.3) is 0 Å². The predicted octanol–water partition coefficient (Wildman–Crippen LogP) is 1.69. The fourth-order valence-corrected chi connectivity index (χ4v) is 2.19. The van der Waals surface area contributed by atoms with Gasteiger partial charge in [0.25, 0.3) is 0 Å². The first-order valence-corrected chi connectivity index (χ1v) is 5.91. The lowest BCUT2D eigenvalue weighted by atomic mass is 9.76. The molecule has 1 heterocycles. The number of rotatable bonds is 3. The van der Waals surface area contributed by atoms with Crippen LogP contribution in [0.1, 0.15) is 20.3 Å². The summed E-state index contributed by atoms with van der Waals surface area (Å²) in [7, 11) is 0. The Morgan fingerprint density at radius 2 is 2.00 bits per heavy atom. The molecule has 1 saturated heterocycles. The van der Waals surface area contributed by atoms with Crippen LogP contribution in [0, 0.1) is 11.3 Å². The second-order valence-electron chi connectivity index (χ2n) is 5.06. The van der Waals surface area contributed by atoms with Crippen molar-refractivity contribution in [2.45, 2.75) is 26.4 Å². The number of hydrogen-bond acceptors (Lipinski definition) is 2. The fraction of sp³-hybridized carbons (Fsp3) is 0.818. The van der Waals surface area contributed by atoms with Gasteiger partial charge in [0.1, 0.15) is 6.54 Å². The summed E-state index contributed by atoms with van der Waals surface area (Å²) in [5.74, 6) is -1.22. The summed E-state index contributed by atoms with van der Waals surface area (Å²) < 4.78 is 36.0. The number of nitrogens with one attached hydrogen (secondary N) is 1. The third-order valence-corrected chi connectivity index (χ3v) is 3.56. The molecule has 19 heavy (non-hydrogen) atoms. The minimum Gasteiger partial charge on any atom is -0.481 e. The monoisotopic (exact) mass is 282 g/mol. The van der Waals surface area contributed by atoms with Crippen LogP contribution in [0.2, 0.25) is 0 Å². The molecular weight excluding hydrogens is 265 g/mol. The number of carbonyl (C=O) groups is 2. The summed E-state index contributed by atoms with van der Waals surface area (Å²) >= 11 is 0. The number of carboxylic acid groups (broad SMARTS) is 1. The zero-order chi connectivity index (χ0) is 14.8. The lowest BCUT2D eigenvalue weighted by Gasteiger charge is -2.28. The number of hydrogen-bond donors (Lipinski definition) is 2. The van der Waals surface area contributed by atoms with Gasteiger partial charge in [0.2, 0.25) is 0 Å². The number of alkyl halides is 3. The average molecular weight is 282 g/mol. The molecule has 1 fully saturated rings. The molecule has 2 amide bonds. The summed E-state index contributed by atoms with van der Waals surface area (Å²) in [4.78, 5) is 24.0. The molecule has 1 aliphatic rings. The van der Waals surface area contributed by atoms with Gasteiger partial charge in [-0.3, -0.25) is 4.79 Å². The minimum absolute atomic E-state index is 0.0658. The Hall–Kier alpha value is -1.47. The Morgan fingerprint density at radius 1 is 1.42 bits per heavy atom. The number of likely N-dealkylation sites (tertiary alicyclic amines) is 1. The Morgan fingerprint density at radius 3 is 2.37 bits per heavy atom. The van der Waals surface area contributed by atoms with Crippen molar-refractivity contribution in [3.8, 4) is 0 Å².